The van der Waals surface area contributed by atoms with Crippen LogP contribution in [0, 0.1) is 0 Å². The molecule has 2 aromatic rings. The largest absolute Gasteiger partial charge is 0.573 e. The Morgan fingerprint density at radius 3 is 2.19 bits per heavy atom. The number of urea groups is 1. The van der Waals surface area contributed by atoms with Crippen LogP contribution in [0.2, 0.25) is 0 Å². The number of anilines is 1. The summed E-state index contributed by atoms with van der Waals surface area (Å²) in [6.07, 6.45) is -1.65. The van der Waals surface area contributed by atoms with E-state index in [1.807, 2.05) is 0 Å². The number of carbonyl (C=O) groups is 2. The Balaban J connectivity index is 1.86. The van der Waals surface area contributed by atoms with Crippen LogP contribution >= 0.6 is 0 Å². The summed E-state index contributed by atoms with van der Waals surface area (Å²) in [7, 11) is 0. The van der Waals surface area contributed by atoms with Gasteiger partial charge in [-0.1, -0.05) is 0 Å². The number of rotatable bonds is 4. The van der Waals surface area contributed by atoms with Gasteiger partial charge in [-0.05, 0) is 55.8 Å². The number of hydrogen-bond acceptors (Lipinski definition) is 4. The van der Waals surface area contributed by atoms with Crippen molar-refractivity contribution in [3.63, 3.8) is 0 Å². The Morgan fingerprint density at radius 1 is 1.04 bits per heavy atom. The number of aromatic nitrogens is 1. The molecule has 0 aliphatic carbocycles. The van der Waals surface area contributed by atoms with Crippen LogP contribution in [0.3, 0.4) is 0 Å². The maximum absolute atomic E-state index is 12.9. The monoisotopic (exact) mass is 379 g/mol. The van der Waals surface area contributed by atoms with Crippen molar-refractivity contribution in [3.8, 4) is 5.75 Å². The van der Waals surface area contributed by atoms with Gasteiger partial charge in [-0.25, -0.2) is 9.69 Å². The van der Waals surface area contributed by atoms with Crippen molar-refractivity contribution in [2.45, 2.75) is 32.3 Å². The van der Waals surface area contributed by atoms with Crippen LogP contribution in [0.5, 0.6) is 5.75 Å². The number of halogens is 3. The number of carbonyl (C=O) groups excluding carboxylic acids is 2. The molecule has 0 spiro atoms. The molecule has 1 fully saturated rings. The number of hydrogen-bond donors (Lipinski definition) is 0. The lowest BCUT2D eigenvalue weighted by Gasteiger charge is -2.27. The van der Waals surface area contributed by atoms with Crippen LogP contribution in [0.4, 0.5) is 23.7 Å². The Kier molecular flexibility index (Phi) is 4.54. The van der Waals surface area contributed by atoms with Crippen molar-refractivity contribution in [3.05, 3.63) is 54.4 Å². The molecule has 3 amide bonds. The minimum Gasteiger partial charge on any atom is -0.406 e. The third-order valence-electron chi connectivity index (χ3n) is 4.24. The van der Waals surface area contributed by atoms with Crippen molar-refractivity contribution >= 4 is 17.6 Å². The maximum Gasteiger partial charge on any atom is 0.573 e. The van der Waals surface area contributed by atoms with Crippen LogP contribution < -0.4 is 9.64 Å². The molecule has 9 heteroatoms. The number of amides is 3. The van der Waals surface area contributed by atoms with E-state index < -0.39 is 29.6 Å². The van der Waals surface area contributed by atoms with Gasteiger partial charge in [0.2, 0.25) is 0 Å². The number of benzene rings is 1. The van der Waals surface area contributed by atoms with Gasteiger partial charge < -0.3 is 9.64 Å². The lowest BCUT2D eigenvalue weighted by molar-refractivity contribution is -0.274. The highest BCUT2D eigenvalue weighted by Gasteiger charge is 2.51. The smallest absolute Gasteiger partial charge is 0.406 e. The van der Waals surface area contributed by atoms with Gasteiger partial charge in [0.25, 0.3) is 5.91 Å². The van der Waals surface area contributed by atoms with E-state index in [4.69, 9.17) is 0 Å². The van der Waals surface area contributed by atoms with Crippen molar-refractivity contribution < 1.29 is 27.5 Å². The summed E-state index contributed by atoms with van der Waals surface area (Å²) >= 11 is 0. The molecule has 3 rings (SSSR count). The summed E-state index contributed by atoms with van der Waals surface area (Å²) in [6, 6.07) is 7.51. The lowest BCUT2D eigenvalue weighted by Crippen LogP contribution is -2.43. The topological polar surface area (TPSA) is 62.7 Å². The van der Waals surface area contributed by atoms with Gasteiger partial charge in [-0.15, -0.1) is 13.2 Å². The van der Waals surface area contributed by atoms with E-state index in [1.54, 1.807) is 38.4 Å². The zero-order chi connectivity index (χ0) is 19.8. The van der Waals surface area contributed by atoms with E-state index in [2.05, 4.69) is 9.72 Å². The third-order valence-corrected chi connectivity index (χ3v) is 4.24. The maximum atomic E-state index is 12.9. The van der Waals surface area contributed by atoms with E-state index >= 15 is 0 Å². The quantitative estimate of drug-likeness (QED) is 0.760. The molecule has 1 aromatic heterocycles. The molecule has 6 nitrogen and oxygen atoms in total. The van der Waals surface area contributed by atoms with Gasteiger partial charge in [0.05, 0.1) is 5.69 Å². The number of pyridine rings is 1. The SMILES string of the molecule is CC1(C)C(=O)N(c2ccc(OC(F)(F)F)cc2)C(=O)N1Cc1ccncc1. The first-order valence-corrected chi connectivity index (χ1v) is 8.00. The van der Waals surface area contributed by atoms with Gasteiger partial charge in [0.15, 0.2) is 0 Å². The van der Waals surface area contributed by atoms with Gasteiger partial charge in [-0.3, -0.25) is 9.78 Å². The van der Waals surface area contributed by atoms with Crippen molar-refractivity contribution in [1.29, 1.82) is 0 Å². The zero-order valence-electron chi connectivity index (χ0n) is 14.5. The highest BCUT2D eigenvalue weighted by Crippen LogP contribution is 2.34. The summed E-state index contributed by atoms with van der Waals surface area (Å²) in [5.41, 5.74) is -0.138. The molecule has 1 saturated heterocycles. The molecule has 0 unspecified atom stereocenters. The first-order valence-electron chi connectivity index (χ1n) is 8.00. The fraction of sp³-hybridized carbons (Fsp3) is 0.278. The summed E-state index contributed by atoms with van der Waals surface area (Å²) < 4.78 is 40.6. The molecular weight excluding hydrogens is 363 g/mol. The fourth-order valence-electron chi connectivity index (χ4n) is 2.80. The molecule has 1 aliphatic rings. The number of nitrogens with zero attached hydrogens (tertiary/aromatic N) is 3. The normalized spacial score (nSPS) is 16.8. The predicted molar refractivity (Wildman–Crippen MR) is 89.9 cm³/mol. The van der Waals surface area contributed by atoms with Crippen molar-refractivity contribution in [2.75, 3.05) is 4.90 Å². The summed E-state index contributed by atoms with van der Waals surface area (Å²) in [5.74, 6) is -0.899. The van der Waals surface area contributed by atoms with E-state index in [-0.39, 0.29) is 12.2 Å². The van der Waals surface area contributed by atoms with Gasteiger partial charge in [0, 0.05) is 18.9 Å². The molecule has 0 bridgehead atoms. The Morgan fingerprint density at radius 2 is 1.63 bits per heavy atom. The average Bonchev–Trinajstić information content (AvgIpc) is 2.76. The van der Waals surface area contributed by atoms with Crippen LogP contribution in [0.1, 0.15) is 19.4 Å². The van der Waals surface area contributed by atoms with Crippen molar-refractivity contribution in [2.24, 2.45) is 0 Å². The lowest BCUT2D eigenvalue weighted by atomic mass is 10.0. The third kappa shape index (κ3) is 3.71. The summed E-state index contributed by atoms with van der Waals surface area (Å²) in [5, 5.41) is 0. The molecule has 1 aliphatic heterocycles. The molecule has 0 saturated carbocycles. The van der Waals surface area contributed by atoms with Crippen LogP contribution in [-0.2, 0) is 11.3 Å². The Hall–Kier alpha value is -3.10. The van der Waals surface area contributed by atoms with E-state index in [0.29, 0.717) is 0 Å². The first kappa shape index (κ1) is 18.7. The fourth-order valence-corrected chi connectivity index (χ4v) is 2.80. The molecule has 0 N–H and O–H groups in total. The number of alkyl halides is 3. The second-order valence-electron chi connectivity index (χ2n) is 6.47. The van der Waals surface area contributed by atoms with Crippen LogP contribution in [-0.4, -0.2) is 33.7 Å². The van der Waals surface area contributed by atoms with Gasteiger partial charge in [0.1, 0.15) is 11.3 Å². The van der Waals surface area contributed by atoms with Gasteiger partial charge in [-0.2, -0.15) is 0 Å². The molecule has 0 atom stereocenters. The first-order chi connectivity index (χ1) is 12.6. The van der Waals surface area contributed by atoms with E-state index in [0.717, 1.165) is 22.6 Å². The number of ether oxygens (including phenoxy) is 1. The van der Waals surface area contributed by atoms with Crippen LogP contribution in [0.25, 0.3) is 0 Å². The summed E-state index contributed by atoms with van der Waals surface area (Å²) in [4.78, 5) is 31.9. The van der Waals surface area contributed by atoms with Crippen LogP contribution in [0.15, 0.2) is 48.8 Å². The molecular formula is C18H16F3N3O3. The molecule has 27 heavy (non-hydrogen) atoms. The van der Waals surface area contributed by atoms with Crippen molar-refractivity contribution in [1.82, 2.24) is 9.88 Å². The molecule has 142 valence electrons. The standard InChI is InChI=1S/C18H16F3N3O3/c1-17(2)15(25)24(13-3-5-14(6-4-13)27-18(19,20)21)16(26)23(17)11-12-7-9-22-10-8-12/h3-10H,11H2,1-2H3. The Labute approximate surface area is 153 Å². The average molecular weight is 379 g/mol. The highest BCUT2D eigenvalue weighted by atomic mass is 19.4. The second-order valence-corrected chi connectivity index (χ2v) is 6.47. The van der Waals surface area contributed by atoms with E-state index in [1.165, 1.54) is 17.0 Å². The minimum atomic E-state index is -4.82. The molecule has 1 aromatic carbocycles. The molecule has 2 heterocycles. The highest BCUT2D eigenvalue weighted by molar-refractivity contribution is 6.22. The van der Waals surface area contributed by atoms with Gasteiger partial charge >= 0.3 is 12.4 Å². The van der Waals surface area contributed by atoms with E-state index in [9.17, 15) is 22.8 Å². The molecule has 0 radical (unpaired) electrons. The summed E-state index contributed by atoms with van der Waals surface area (Å²) in [6.45, 7) is 3.44. The second kappa shape index (κ2) is 6.57. The zero-order valence-corrected chi connectivity index (χ0v) is 14.5. The Bertz CT molecular complexity index is 852. The number of imide groups is 1. The predicted octanol–water partition coefficient (Wildman–Crippen LogP) is 3.73. The minimum absolute atomic E-state index is 0.171.